The summed E-state index contributed by atoms with van der Waals surface area (Å²) in [5.74, 6) is -1.57. The van der Waals surface area contributed by atoms with Gasteiger partial charge in [0.1, 0.15) is 0 Å². The minimum absolute atomic E-state index is 0.0887. The van der Waals surface area contributed by atoms with Gasteiger partial charge in [-0.15, -0.1) is 0 Å². The van der Waals surface area contributed by atoms with Gasteiger partial charge in [0.25, 0.3) is 0 Å². The molecular formula is C11H14BrNO3. The highest BCUT2D eigenvalue weighted by Gasteiger charge is 2.18. The Balaban J connectivity index is 2.99. The molecule has 16 heavy (non-hydrogen) atoms. The molecule has 1 aromatic rings. The van der Waals surface area contributed by atoms with Gasteiger partial charge >= 0.3 is 5.97 Å². The molecule has 0 heterocycles. The first kappa shape index (κ1) is 13.2. The van der Waals surface area contributed by atoms with E-state index in [-0.39, 0.29) is 6.54 Å². The maximum Gasteiger partial charge on any atom is 0.312 e. The van der Waals surface area contributed by atoms with Crippen LogP contribution in [0.25, 0.3) is 0 Å². The summed E-state index contributed by atoms with van der Waals surface area (Å²) in [5, 5.41) is 8.97. The Hall–Kier alpha value is -0.910. The minimum Gasteiger partial charge on any atom is -0.481 e. The highest BCUT2D eigenvalue weighted by molar-refractivity contribution is 9.10. The Morgan fingerprint density at radius 2 is 2.31 bits per heavy atom. The predicted octanol–water partition coefficient (Wildman–Crippen LogP) is 1.72. The Kier molecular flexibility index (Phi) is 4.92. The summed E-state index contributed by atoms with van der Waals surface area (Å²) in [6, 6.07) is 5.39. The van der Waals surface area contributed by atoms with E-state index < -0.39 is 11.9 Å². The van der Waals surface area contributed by atoms with Crippen molar-refractivity contribution in [2.45, 2.75) is 12.5 Å². The van der Waals surface area contributed by atoms with Crippen LogP contribution in [-0.2, 0) is 16.1 Å². The van der Waals surface area contributed by atoms with Gasteiger partial charge in [0.2, 0.25) is 0 Å². The molecule has 1 rings (SSSR count). The molecule has 1 atom stereocenters. The molecule has 1 unspecified atom stereocenters. The van der Waals surface area contributed by atoms with Gasteiger partial charge in [0, 0.05) is 18.1 Å². The zero-order valence-electron chi connectivity index (χ0n) is 8.94. The summed E-state index contributed by atoms with van der Waals surface area (Å²) in [6.07, 6.45) is 0. The molecule has 0 radical (unpaired) electrons. The number of hydrogen-bond acceptors (Lipinski definition) is 3. The summed E-state index contributed by atoms with van der Waals surface area (Å²) >= 11 is 3.38. The summed E-state index contributed by atoms with van der Waals surface area (Å²) in [7, 11) is 1.61. The van der Waals surface area contributed by atoms with Crippen molar-refractivity contribution in [3.8, 4) is 0 Å². The summed E-state index contributed by atoms with van der Waals surface area (Å²) in [5.41, 5.74) is 7.11. The van der Waals surface area contributed by atoms with Crippen molar-refractivity contribution in [3.63, 3.8) is 0 Å². The van der Waals surface area contributed by atoms with Crippen LogP contribution in [0.3, 0.4) is 0 Å². The number of rotatable bonds is 5. The van der Waals surface area contributed by atoms with E-state index in [9.17, 15) is 4.79 Å². The quantitative estimate of drug-likeness (QED) is 0.865. The van der Waals surface area contributed by atoms with Gasteiger partial charge in [0.15, 0.2) is 0 Å². The van der Waals surface area contributed by atoms with E-state index in [1.165, 1.54) is 0 Å². The van der Waals surface area contributed by atoms with E-state index in [0.29, 0.717) is 12.2 Å². The normalized spacial score (nSPS) is 12.4. The number of ether oxygens (including phenoxy) is 1. The van der Waals surface area contributed by atoms with Crippen molar-refractivity contribution < 1.29 is 14.6 Å². The first-order chi connectivity index (χ1) is 7.60. The molecule has 88 valence electrons. The maximum atomic E-state index is 10.9. The molecule has 0 aliphatic heterocycles. The molecule has 4 nitrogen and oxygen atoms in total. The molecular weight excluding hydrogens is 274 g/mol. The largest absolute Gasteiger partial charge is 0.481 e. The lowest BCUT2D eigenvalue weighted by atomic mass is 9.98. The second kappa shape index (κ2) is 5.98. The third-order valence-corrected chi connectivity index (χ3v) is 3.05. The molecule has 0 amide bonds. The second-order valence-corrected chi connectivity index (χ2v) is 4.26. The number of carbonyl (C=O) groups is 1. The number of hydrogen-bond donors (Lipinski definition) is 2. The van der Waals surface area contributed by atoms with Gasteiger partial charge in [-0.25, -0.2) is 0 Å². The second-order valence-electron chi connectivity index (χ2n) is 3.41. The number of benzene rings is 1. The number of methoxy groups -OCH3 is 1. The first-order valence-corrected chi connectivity index (χ1v) is 5.59. The number of halogens is 1. The number of nitrogens with two attached hydrogens (primary N) is 1. The average molecular weight is 288 g/mol. The Morgan fingerprint density at radius 1 is 1.62 bits per heavy atom. The SMILES string of the molecule is COCc1ccc(C(CN)C(=O)O)cc1Br. The van der Waals surface area contributed by atoms with Crippen LogP contribution in [0.5, 0.6) is 0 Å². The van der Waals surface area contributed by atoms with Crippen LogP contribution < -0.4 is 5.73 Å². The van der Waals surface area contributed by atoms with Crippen molar-refractivity contribution >= 4 is 21.9 Å². The van der Waals surface area contributed by atoms with Gasteiger partial charge in [-0.05, 0) is 17.2 Å². The van der Waals surface area contributed by atoms with E-state index in [0.717, 1.165) is 10.0 Å². The van der Waals surface area contributed by atoms with Crippen molar-refractivity contribution in [2.75, 3.05) is 13.7 Å². The maximum absolute atomic E-state index is 10.9. The van der Waals surface area contributed by atoms with Crippen LogP contribution in [0, 0.1) is 0 Å². The van der Waals surface area contributed by atoms with Gasteiger partial charge in [-0.3, -0.25) is 4.79 Å². The molecule has 1 aromatic carbocycles. The molecule has 0 bridgehead atoms. The standard InChI is InChI=1S/C11H14BrNO3/c1-16-6-8-3-2-7(4-10(8)12)9(5-13)11(14)15/h2-4,9H,5-6,13H2,1H3,(H,14,15). The monoisotopic (exact) mass is 287 g/mol. The molecule has 0 aliphatic rings. The smallest absolute Gasteiger partial charge is 0.312 e. The third-order valence-electron chi connectivity index (χ3n) is 2.31. The lowest BCUT2D eigenvalue weighted by Gasteiger charge is -2.12. The number of carboxylic acids is 1. The first-order valence-electron chi connectivity index (χ1n) is 4.80. The Bertz CT molecular complexity index is 381. The Labute approximate surface area is 103 Å². The zero-order chi connectivity index (χ0) is 12.1. The van der Waals surface area contributed by atoms with E-state index in [2.05, 4.69) is 15.9 Å². The van der Waals surface area contributed by atoms with Crippen LogP contribution >= 0.6 is 15.9 Å². The summed E-state index contributed by atoms with van der Waals surface area (Å²) in [4.78, 5) is 10.9. The van der Waals surface area contributed by atoms with Gasteiger partial charge in [-0.1, -0.05) is 28.1 Å². The molecule has 0 aromatic heterocycles. The van der Waals surface area contributed by atoms with Crippen LogP contribution in [-0.4, -0.2) is 24.7 Å². The predicted molar refractivity (Wildman–Crippen MR) is 64.3 cm³/mol. The van der Waals surface area contributed by atoms with E-state index in [4.69, 9.17) is 15.6 Å². The van der Waals surface area contributed by atoms with Crippen LogP contribution in [0.4, 0.5) is 0 Å². The summed E-state index contributed by atoms with van der Waals surface area (Å²) in [6.45, 7) is 0.576. The van der Waals surface area contributed by atoms with Crippen LogP contribution in [0.15, 0.2) is 22.7 Å². The molecule has 0 saturated heterocycles. The van der Waals surface area contributed by atoms with Crippen molar-refractivity contribution in [1.29, 1.82) is 0 Å². The average Bonchev–Trinajstić information content (AvgIpc) is 2.22. The van der Waals surface area contributed by atoms with Crippen molar-refractivity contribution in [2.24, 2.45) is 5.73 Å². The molecule has 0 spiro atoms. The fraction of sp³-hybridized carbons (Fsp3) is 0.364. The van der Waals surface area contributed by atoms with E-state index >= 15 is 0 Å². The van der Waals surface area contributed by atoms with Gasteiger partial charge in [-0.2, -0.15) is 0 Å². The molecule has 0 aliphatic carbocycles. The van der Waals surface area contributed by atoms with Crippen molar-refractivity contribution in [1.82, 2.24) is 0 Å². The number of aliphatic carboxylic acids is 1. The fourth-order valence-electron chi connectivity index (χ4n) is 1.43. The van der Waals surface area contributed by atoms with Crippen LogP contribution in [0.1, 0.15) is 17.0 Å². The highest BCUT2D eigenvalue weighted by Crippen LogP contribution is 2.24. The Morgan fingerprint density at radius 3 is 2.75 bits per heavy atom. The molecule has 0 saturated carbocycles. The fourth-order valence-corrected chi connectivity index (χ4v) is 1.94. The van der Waals surface area contributed by atoms with Gasteiger partial charge in [0.05, 0.1) is 12.5 Å². The lowest BCUT2D eigenvalue weighted by molar-refractivity contribution is -0.138. The van der Waals surface area contributed by atoms with E-state index in [1.54, 1.807) is 19.2 Å². The molecule has 3 N–H and O–H groups in total. The molecule has 0 fully saturated rings. The highest BCUT2D eigenvalue weighted by atomic mass is 79.9. The topological polar surface area (TPSA) is 72.5 Å². The number of carboxylic acid groups (broad SMARTS) is 1. The zero-order valence-corrected chi connectivity index (χ0v) is 10.5. The van der Waals surface area contributed by atoms with Gasteiger partial charge < -0.3 is 15.6 Å². The molecule has 5 heteroatoms. The summed E-state index contributed by atoms with van der Waals surface area (Å²) < 4.78 is 5.85. The third kappa shape index (κ3) is 3.04. The minimum atomic E-state index is -0.908. The van der Waals surface area contributed by atoms with E-state index in [1.807, 2.05) is 6.07 Å². The van der Waals surface area contributed by atoms with Crippen molar-refractivity contribution in [3.05, 3.63) is 33.8 Å². The lowest BCUT2D eigenvalue weighted by Crippen LogP contribution is -2.21. The van der Waals surface area contributed by atoms with Crippen LogP contribution in [0.2, 0.25) is 0 Å².